The van der Waals surface area contributed by atoms with Crippen molar-refractivity contribution in [3.05, 3.63) is 35.4 Å². The van der Waals surface area contributed by atoms with Crippen LogP contribution in [0.5, 0.6) is 0 Å². The fraction of sp³-hybridized carbons (Fsp3) is 0.550. The van der Waals surface area contributed by atoms with Crippen molar-refractivity contribution in [3.63, 3.8) is 0 Å². The summed E-state index contributed by atoms with van der Waals surface area (Å²) < 4.78 is 4.88. The second kappa shape index (κ2) is 9.94. The summed E-state index contributed by atoms with van der Waals surface area (Å²) in [5, 5.41) is 5.27. The van der Waals surface area contributed by atoms with Gasteiger partial charge in [-0.15, -0.1) is 0 Å². The van der Waals surface area contributed by atoms with E-state index in [9.17, 15) is 14.4 Å². The zero-order valence-corrected chi connectivity index (χ0v) is 16.3. The van der Waals surface area contributed by atoms with Crippen molar-refractivity contribution in [1.29, 1.82) is 0 Å². The average molecular weight is 362 g/mol. The van der Waals surface area contributed by atoms with Gasteiger partial charge in [0.1, 0.15) is 6.54 Å². The van der Waals surface area contributed by atoms with Crippen LogP contribution in [0.1, 0.15) is 63.4 Å². The fourth-order valence-electron chi connectivity index (χ4n) is 2.34. The van der Waals surface area contributed by atoms with Crippen LogP contribution in [-0.2, 0) is 19.7 Å². The zero-order chi connectivity index (χ0) is 19.7. The topological polar surface area (TPSA) is 84.5 Å². The summed E-state index contributed by atoms with van der Waals surface area (Å²) in [6, 6.07) is 7.33. The van der Waals surface area contributed by atoms with Crippen LogP contribution in [0.4, 0.5) is 0 Å². The van der Waals surface area contributed by atoms with Gasteiger partial charge in [0.05, 0.1) is 0 Å². The molecule has 26 heavy (non-hydrogen) atoms. The first-order valence-corrected chi connectivity index (χ1v) is 9.01. The lowest BCUT2D eigenvalue weighted by Crippen LogP contribution is -2.38. The third-order valence-electron chi connectivity index (χ3n) is 4.12. The first-order valence-electron chi connectivity index (χ1n) is 9.01. The molecule has 0 atom stereocenters. The van der Waals surface area contributed by atoms with E-state index in [2.05, 4.69) is 31.4 Å². The molecule has 0 bridgehead atoms. The molecule has 144 valence electrons. The highest BCUT2D eigenvalue weighted by Gasteiger charge is 2.15. The van der Waals surface area contributed by atoms with Crippen LogP contribution in [0, 0.1) is 0 Å². The molecule has 0 heterocycles. The highest BCUT2D eigenvalue weighted by Crippen LogP contribution is 2.22. The molecule has 2 N–H and O–H groups in total. The van der Waals surface area contributed by atoms with Crippen LogP contribution in [0.25, 0.3) is 0 Å². The number of carbonyl (C=O) groups is 3. The summed E-state index contributed by atoms with van der Waals surface area (Å²) in [5.74, 6) is -1.34. The van der Waals surface area contributed by atoms with E-state index in [-0.39, 0.29) is 36.4 Å². The SMILES string of the molecule is CCC(CC)NC(=O)COC(=O)CNC(=O)c1ccc(C(C)(C)C)cc1. The maximum Gasteiger partial charge on any atom is 0.325 e. The molecule has 0 aliphatic carbocycles. The Balaban J connectivity index is 2.40. The molecule has 0 saturated heterocycles. The summed E-state index contributed by atoms with van der Waals surface area (Å²) in [5.41, 5.74) is 1.60. The molecule has 0 aliphatic heterocycles. The van der Waals surface area contributed by atoms with E-state index < -0.39 is 5.97 Å². The minimum absolute atomic E-state index is 0.00788. The number of hydrogen-bond acceptors (Lipinski definition) is 4. The number of benzene rings is 1. The third kappa shape index (κ3) is 7.25. The minimum Gasteiger partial charge on any atom is -0.454 e. The second-order valence-corrected chi connectivity index (χ2v) is 7.25. The maximum absolute atomic E-state index is 12.1. The van der Waals surface area contributed by atoms with Gasteiger partial charge in [0.25, 0.3) is 11.8 Å². The monoisotopic (exact) mass is 362 g/mol. The van der Waals surface area contributed by atoms with Crippen LogP contribution in [0.3, 0.4) is 0 Å². The summed E-state index contributed by atoms with van der Waals surface area (Å²) >= 11 is 0. The molecule has 0 spiro atoms. The van der Waals surface area contributed by atoms with Crippen LogP contribution in [0.15, 0.2) is 24.3 Å². The van der Waals surface area contributed by atoms with Gasteiger partial charge in [-0.1, -0.05) is 46.8 Å². The van der Waals surface area contributed by atoms with E-state index in [1.165, 1.54) is 0 Å². The summed E-state index contributed by atoms with van der Waals surface area (Å²) in [4.78, 5) is 35.4. The lowest BCUT2D eigenvalue weighted by molar-refractivity contribution is -0.147. The number of ether oxygens (including phenoxy) is 1. The molecule has 0 saturated carbocycles. The lowest BCUT2D eigenvalue weighted by Gasteiger charge is -2.19. The van der Waals surface area contributed by atoms with E-state index in [1.54, 1.807) is 12.1 Å². The van der Waals surface area contributed by atoms with Crippen molar-refractivity contribution in [3.8, 4) is 0 Å². The Bertz CT molecular complexity index is 614. The van der Waals surface area contributed by atoms with Crippen molar-refractivity contribution in [1.82, 2.24) is 10.6 Å². The van der Waals surface area contributed by atoms with Crippen LogP contribution >= 0.6 is 0 Å². The normalized spacial score (nSPS) is 11.2. The van der Waals surface area contributed by atoms with Gasteiger partial charge in [-0.3, -0.25) is 14.4 Å². The minimum atomic E-state index is -0.649. The molecule has 1 aromatic carbocycles. The highest BCUT2D eigenvalue weighted by atomic mass is 16.5. The molecular weight excluding hydrogens is 332 g/mol. The van der Waals surface area contributed by atoms with Crippen LogP contribution in [0.2, 0.25) is 0 Å². The molecule has 6 nitrogen and oxygen atoms in total. The van der Waals surface area contributed by atoms with E-state index in [4.69, 9.17) is 4.74 Å². The molecule has 0 unspecified atom stereocenters. The number of amides is 2. The van der Waals surface area contributed by atoms with E-state index in [0.29, 0.717) is 5.56 Å². The molecule has 0 radical (unpaired) electrons. The number of rotatable bonds is 8. The van der Waals surface area contributed by atoms with Crippen molar-refractivity contribution < 1.29 is 19.1 Å². The van der Waals surface area contributed by atoms with Gasteiger partial charge in [-0.05, 0) is 36.0 Å². The first-order chi connectivity index (χ1) is 12.2. The van der Waals surface area contributed by atoms with Gasteiger partial charge in [-0.2, -0.15) is 0 Å². The van der Waals surface area contributed by atoms with Gasteiger partial charge in [0.15, 0.2) is 6.61 Å². The summed E-state index contributed by atoms with van der Waals surface area (Å²) in [6.07, 6.45) is 1.64. The van der Waals surface area contributed by atoms with Crippen molar-refractivity contribution in [2.24, 2.45) is 0 Å². The number of carbonyl (C=O) groups excluding carboxylic acids is 3. The lowest BCUT2D eigenvalue weighted by atomic mass is 9.87. The van der Waals surface area contributed by atoms with Crippen LogP contribution in [-0.4, -0.2) is 37.0 Å². The van der Waals surface area contributed by atoms with E-state index in [0.717, 1.165) is 18.4 Å². The third-order valence-corrected chi connectivity index (χ3v) is 4.12. The molecule has 0 aromatic heterocycles. The van der Waals surface area contributed by atoms with E-state index >= 15 is 0 Å². The maximum atomic E-state index is 12.1. The second-order valence-electron chi connectivity index (χ2n) is 7.25. The first kappa shape index (κ1) is 21.7. The smallest absolute Gasteiger partial charge is 0.325 e. The molecule has 0 fully saturated rings. The fourth-order valence-corrected chi connectivity index (χ4v) is 2.34. The predicted octanol–water partition coefficient (Wildman–Crippen LogP) is 2.56. The Morgan fingerprint density at radius 1 is 1.04 bits per heavy atom. The molecule has 0 aliphatic rings. The molecule has 1 aromatic rings. The molecule has 1 rings (SSSR count). The van der Waals surface area contributed by atoms with Crippen molar-refractivity contribution in [2.45, 2.75) is 58.9 Å². The Kier molecular flexibility index (Phi) is 8.29. The summed E-state index contributed by atoms with van der Waals surface area (Å²) in [7, 11) is 0. The average Bonchev–Trinajstić information content (AvgIpc) is 2.61. The van der Waals surface area contributed by atoms with Gasteiger partial charge in [-0.25, -0.2) is 0 Å². The molecular formula is C20H30N2O4. The largest absolute Gasteiger partial charge is 0.454 e. The Morgan fingerprint density at radius 3 is 2.12 bits per heavy atom. The Hall–Kier alpha value is -2.37. The quantitative estimate of drug-likeness (QED) is 0.696. The van der Waals surface area contributed by atoms with Crippen molar-refractivity contribution >= 4 is 17.8 Å². The van der Waals surface area contributed by atoms with Crippen molar-refractivity contribution in [2.75, 3.05) is 13.2 Å². The Morgan fingerprint density at radius 2 is 1.62 bits per heavy atom. The van der Waals surface area contributed by atoms with Gasteiger partial charge < -0.3 is 15.4 Å². The molecule has 2 amide bonds. The molecule has 6 heteroatoms. The Labute approximate surface area is 155 Å². The number of hydrogen-bond donors (Lipinski definition) is 2. The zero-order valence-electron chi connectivity index (χ0n) is 16.3. The predicted molar refractivity (Wildman–Crippen MR) is 101 cm³/mol. The van der Waals surface area contributed by atoms with E-state index in [1.807, 2.05) is 26.0 Å². The highest BCUT2D eigenvalue weighted by molar-refractivity contribution is 5.96. The van der Waals surface area contributed by atoms with Gasteiger partial charge in [0.2, 0.25) is 0 Å². The van der Waals surface area contributed by atoms with Crippen LogP contribution < -0.4 is 10.6 Å². The van der Waals surface area contributed by atoms with Gasteiger partial charge in [0, 0.05) is 11.6 Å². The standard InChI is InChI=1S/C20H30N2O4/c1-6-16(7-2)22-17(23)13-26-18(24)12-21-19(25)14-8-10-15(11-9-14)20(3,4)5/h8-11,16H,6-7,12-13H2,1-5H3,(H,21,25)(H,22,23). The number of esters is 1. The summed E-state index contributed by atoms with van der Waals surface area (Å²) in [6.45, 7) is 9.62. The van der Waals surface area contributed by atoms with Gasteiger partial charge >= 0.3 is 5.97 Å². The number of nitrogens with one attached hydrogen (secondary N) is 2.